The molecule has 142 valence electrons. The van der Waals surface area contributed by atoms with Gasteiger partial charge in [0.25, 0.3) is 0 Å². The number of halogens is 2. The molecule has 2 aromatic rings. The van der Waals surface area contributed by atoms with Crippen LogP contribution in [0.5, 0.6) is 0 Å². The lowest BCUT2D eigenvalue weighted by Gasteiger charge is -2.12. The minimum atomic E-state index is -0.381. The average molecular weight is 393 g/mol. The van der Waals surface area contributed by atoms with Crippen molar-refractivity contribution >= 4 is 47.5 Å². The van der Waals surface area contributed by atoms with Crippen LogP contribution in [0.2, 0.25) is 0 Å². The summed E-state index contributed by atoms with van der Waals surface area (Å²) in [4.78, 5) is 26.1. The van der Waals surface area contributed by atoms with Gasteiger partial charge in [0.05, 0.1) is 5.52 Å². The zero-order valence-corrected chi connectivity index (χ0v) is 16.5. The van der Waals surface area contributed by atoms with Crippen molar-refractivity contribution in [1.82, 2.24) is 14.8 Å². The Morgan fingerprint density at radius 1 is 1.32 bits per heavy atom. The van der Waals surface area contributed by atoms with Crippen molar-refractivity contribution < 1.29 is 9.21 Å². The van der Waals surface area contributed by atoms with Crippen molar-refractivity contribution in [3.63, 3.8) is 0 Å². The van der Waals surface area contributed by atoms with Crippen LogP contribution in [0, 0.1) is 5.92 Å². The van der Waals surface area contributed by atoms with Crippen molar-refractivity contribution in [2.45, 2.75) is 13.5 Å². The average Bonchev–Trinajstić information content (AvgIpc) is 2.80. The fourth-order valence-electron chi connectivity index (χ4n) is 2.32. The van der Waals surface area contributed by atoms with E-state index in [2.05, 4.69) is 10.6 Å². The third kappa shape index (κ3) is 6.04. The van der Waals surface area contributed by atoms with Crippen LogP contribution < -0.4 is 16.4 Å². The Hall–Kier alpha value is -1.54. The van der Waals surface area contributed by atoms with E-state index < -0.39 is 0 Å². The second kappa shape index (κ2) is 10.5. The van der Waals surface area contributed by atoms with Crippen LogP contribution >= 0.6 is 24.8 Å². The first-order valence-corrected chi connectivity index (χ1v) is 7.66. The van der Waals surface area contributed by atoms with E-state index in [0.29, 0.717) is 29.9 Å². The normalized spacial score (nSPS) is 11.7. The van der Waals surface area contributed by atoms with Gasteiger partial charge in [0.2, 0.25) is 5.91 Å². The van der Waals surface area contributed by atoms with Crippen molar-refractivity contribution in [3.8, 4) is 0 Å². The maximum Gasteiger partial charge on any atom is 0.419 e. The van der Waals surface area contributed by atoms with Crippen molar-refractivity contribution in [2.75, 3.05) is 39.5 Å². The summed E-state index contributed by atoms with van der Waals surface area (Å²) in [6, 6.07) is 5.23. The highest BCUT2D eigenvalue weighted by Crippen LogP contribution is 2.19. The number of likely N-dealkylation sites (N-methyl/N-ethyl adjacent to an activating group) is 1. The number of rotatable bonds is 7. The molecule has 1 heterocycles. The Labute approximate surface area is 159 Å². The van der Waals surface area contributed by atoms with Gasteiger partial charge in [0.1, 0.15) is 0 Å². The van der Waals surface area contributed by atoms with Crippen molar-refractivity contribution in [3.05, 3.63) is 28.7 Å². The first-order valence-electron chi connectivity index (χ1n) is 7.66. The summed E-state index contributed by atoms with van der Waals surface area (Å²) in [5.74, 6) is -0.589. The number of nitrogens with one attached hydrogen (secondary N) is 2. The quantitative estimate of drug-likeness (QED) is 0.750. The number of carbonyl (C=O) groups excluding carboxylic acids is 1. The number of hydrogen-bond donors (Lipinski definition) is 2. The summed E-state index contributed by atoms with van der Waals surface area (Å²) in [6.07, 6.45) is 0. The number of nitrogens with zero attached hydrogens (tertiary/aromatic N) is 2. The summed E-state index contributed by atoms with van der Waals surface area (Å²) in [5, 5.41) is 5.85. The fourth-order valence-corrected chi connectivity index (χ4v) is 2.32. The molecule has 1 aromatic carbocycles. The number of amides is 1. The SMILES string of the molecule is CNCC(C)C(=O)Nc1ccc2oc(=O)n(CCN(C)C)c2c1.Cl.Cl. The van der Waals surface area contributed by atoms with Gasteiger partial charge in [-0.25, -0.2) is 4.79 Å². The lowest BCUT2D eigenvalue weighted by atomic mass is 10.1. The molecule has 0 aliphatic heterocycles. The van der Waals surface area contributed by atoms with Crippen LogP contribution in [-0.2, 0) is 11.3 Å². The van der Waals surface area contributed by atoms with Gasteiger partial charge in [-0.2, -0.15) is 0 Å². The summed E-state index contributed by atoms with van der Waals surface area (Å²) < 4.78 is 6.83. The molecule has 0 radical (unpaired) electrons. The molecule has 9 heteroatoms. The Balaban J connectivity index is 0.00000288. The molecule has 1 amide bonds. The minimum absolute atomic E-state index is 0. The highest BCUT2D eigenvalue weighted by molar-refractivity contribution is 5.94. The topological polar surface area (TPSA) is 79.5 Å². The molecular weight excluding hydrogens is 367 g/mol. The maximum absolute atomic E-state index is 12.1. The Morgan fingerprint density at radius 3 is 2.60 bits per heavy atom. The van der Waals surface area contributed by atoms with Gasteiger partial charge >= 0.3 is 5.76 Å². The molecular formula is C16H26Cl2N4O3. The molecule has 0 saturated heterocycles. The van der Waals surface area contributed by atoms with E-state index in [9.17, 15) is 9.59 Å². The molecule has 0 bridgehead atoms. The molecule has 0 aliphatic carbocycles. The molecule has 1 atom stereocenters. The van der Waals surface area contributed by atoms with Gasteiger partial charge in [-0.3, -0.25) is 9.36 Å². The monoisotopic (exact) mass is 392 g/mol. The molecule has 0 spiro atoms. The van der Waals surface area contributed by atoms with E-state index >= 15 is 0 Å². The van der Waals surface area contributed by atoms with Crippen LogP contribution in [-0.4, -0.2) is 49.6 Å². The van der Waals surface area contributed by atoms with E-state index in [0.717, 1.165) is 6.54 Å². The van der Waals surface area contributed by atoms with E-state index in [1.165, 1.54) is 0 Å². The fraction of sp³-hybridized carbons (Fsp3) is 0.500. The van der Waals surface area contributed by atoms with Crippen LogP contribution in [0.15, 0.2) is 27.4 Å². The van der Waals surface area contributed by atoms with Crippen molar-refractivity contribution in [1.29, 1.82) is 0 Å². The van der Waals surface area contributed by atoms with Crippen LogP contribution in [0.1, 0.15) is 6.92 Å². The van der Waals surface area contributed by atoms with E-state index in [4.69, 9.17) is 4.42 Å². The molecule has 0 saturated carbocycles. The second-order valence-corrected chi connectivity index (χ2v) is 5.95. The Bertz CT molecular complexity index is 743. The molecule has 0 fully saturated rings. The van der Waals surface area contributed by atoms with Gasteiger partial charge in [-0.15, -0.1) is 24.8 Å². The number of benzene rings is 1. The summed E-state index contributed by atoms with van der Waals surface area (Å²) in [6.45, 7) is 3.72. The first kappa shape index (κ1) is 23.5. The summed E-state index contributed by atoms with van der Waals surface area (Å²) in [5.41, 5.74) is 1.87. The van der Waals surface area contributed by atoms with Gasteiger partial charge in [0, 0.05) is 31.2 Å². The molecule has 1 unspecified atom stereocenters. The lowest BCUT2D eigenvalue weighted by Crippen LogP contribution is -2.28. The molecule has 25 heavy (non-hydrogen) atoms. The Kier molecular flexibility index (Phi) is 9.81. The Morgan fingerprint density at radius 2 is 2.00 bits per heavy atom. The van der Waals surface area contributed by atoms with Gasteiger partial charge < -0.3 is 20.0 Å². The molecule has 1 aromatic heterocycles. The highest BCUT2D eigenvalue weighted by atomic mass is 35.5. The number of aromatic nitrogens is 1. The third-order valence-corrected chi connectivity index (χ3v) is 3.66. The number of oxazole rings is 1. The minimum Gasteiger partial charge on any atom is -0.408 e. The zero-order valence-electron chi connectivity index (χ0n) is 14.9. The third-order valence-electron chi connectivity index (χ3n) is 3.66. The molecule has 2 N–H and O–H groups in total. The van der Waals surface area contributed by atoms with E-state index in [1.54, 1.807) is 22.8 Å². The molecule has 7 nitrogen and oxygen atoms in total. The van der Waals surface area contributed by atoms with E-state index in [1.807, 2.05) is 33.0 Å². The zero-order chi connectivity index (χ0) is 17.0. The molecule has 0 aliphatic rings. The standard InChI is InChI=1S/C16H24N4O3.2ClH/c1-11(10-17-2)15(21)18-12-5-6-14-13(9-12)20(16(22)23-14)8-7-19(3)4;;/h5-6,9,11,17H,7-8,10H2,1-4H3,(H,18,21);2*1H. The predicted octanol–water partition coefficient (Wildman–Crippen LogP) is 1.79. The van der Waals surface area contributed by atoms with Gasteiger partial charge in [-0.05, 0) is 39.3 Å². The highest BCUT2D eigenvalue weighted by Gasteiger charge is 2.14. The lowest BCUT2D eigenvalue weighted by molar-refractivity contribution is -0.119. The van der Waals surface area contributed by atoms with Gasteiger partial charge in [0.15, 0.2) is 5.58 Å². The number of fused-ring (bicyclic) bond motifs is 1. The smallest absolute Gasteiger partial charge is 0.408 e. The van der Waals surface area contributed by atoms with Crippen molar-refractivity contribution in [2.24, 2.45) is 5.92 Å². The van der Waals surface area contributed by atoms with Crippen LogP contribution in [0.4, 0.5) is 5.69 Å². The van der Waals surface area contributed by atoms with Gasteiger partial charge in [-0.1, -0.05) is 6.92 Å². The first-order chi connectivity index (χ1) is 10.9. The van der Waals surface area contributed by atoms with Crippen LogP contribution in [0.3, 0.4) is 0 Å². The largest absolute Gasteiger partial charge is 0.419 e. The number of anilines is 1. The molecule has 2 rings (SSSR count). The second-order valence-electron chi connectivity index (χ2n) is 5.95. The predicted molar refractivity (Wildman–Crippen MR) is 105 cm³/mol. The maximum atomic E-state index is 12.1. The van der Waals surface area contributed by atoms with Crippen LogP contribution in [0.25, 0.3) is 11.1 Å². The number of hydrogen-bond acceptors (Lipinski definition) is 5. The summed E-state index contributed by atoms with van der Waals surface area (Å²) in [7, 11) is 5.70. The van der Waals surface area contributed by atoms with E-state index in [-0.39, 0.29) is 42.4 Å². The summed E-state index contributed by atoms with van der Waals surface area (Å²) >= 11 is 0. The number of carbonyl (C=O) groups is 1.